The molecule has 0 atom stereocenters. The lowest BCUT2D eigenvalue weighted by atomic mass is 10.1. The maximum absolute atomic E-state index is 12.4. The molecule has 0 bridgehead atoms. The summed E-state index contributed by atoms with van der Waals surface area (Å²) in [6, 6.07) is 4.00. The van der Waals surface area contributed by atoms with Crippen molar-refractivity contribution >= 4 is 11.6 Å². The van der Waals surface area contributed by atoms with Gasteiger partial charge in [-0.05, 0) is 31.4 Å². The second-order valence-corrected chi connectivity index (χ2v) is 4.74. The van der Waals surface area contributed by atoms with Gasteiger partial charge in [-0.1, -0.05) is 20.8 Å². The average molecular weight is 263 g/mol. The number of aromatic nitrogens is 1. The van der Waals surface area contributed by atoms with Crippen molar-refractivity contribution in [1.29, 1.82) is 0 Å². The normalized spacial score (nSPS) is 10.6. The summed E-state index contributed by atoms with van der Waals surface area (Å²) in [7, 11) is 1.85. The minimum Gasteiger partial charge on any atom is -0.385 e. The number of nitrogens with zero attached hydrogens (tertiary/aromatic N) is 2. The molecule has 1 aromatic rings. The molecule has 4 nitrogen and oxygen atoms in total. The Balaban J connectivity index is 2.81. The Morgan fingerprint density at radius 3 is 2.63 bits per heavy atom. The number of pyridine rings is 1. The third-order valence-corrected chi connectivity index (χ3v) is 3.37. The van der Waals surface area contributed by atoms with E-state index in [9.17, 15) is 4.79 Å². The Hall–Kier alpha value is -1.58. The van der Waals surface area contributed by atoms with Gasteiger partial charge in [0.15, 0.2) is 0 Å². The summed E-state index contributed by atoms with van der Waals surface area (Å²) in [5.74, 6) is -0.00570. The third kappa shape index (κ3) is 4.23. The van der Waals surface area contributed by atoms with Crippen molar-refractivity contribution in [3.8, 4) is 0 Å². The van der Waals surface area contributed by atoms with E-state index in [0.717, 1.165) is 31.5 Å². The summed E-state index contributed by atoms with van der Waals surface area (Å²) in [5, 5.41) is 3.27. The lowest BCUT2D eigenvalue weighted by molar-refractivity contribution is 0.0718. The molecule has 1 N–H and O–H groups in total. The van der Waals surface area contributed by atoms with Gasteiger partial charge in [0.2, 0.25) is 0 Å². The molecule has 1 rings (SSSR count). The van der Waals surface area contributed by atoms with E-state index in [4.69, 9.17) is 0 Å². The monoisotopic (exact) mass is 263 g/mol. The number of amides is 1. The van der Waals surface area contributed by atoms with Gasteiger partial charge in [0, 0.05) is 31.5 Å². The maximum Gasteiger partial charge on any atom is 0.272 e. The second-order valence-electron chi connectivity index (χ2n) is 4.74. The van der Waals surface area contributed by atoms with Crippen molar-refractivity contribution in [2.24, 2.45) is 0 Å². The second kappa shape index (κ2) is 7.77. The first kappa shape index (κ1) is 15.5. The summed E-state index contributed by atoms with van der Waals surface area (Å²) < 4.78 is 0. The van der Waals surface area contributed by atoms with Crippen LogP contribution in [0.15, 0.2) is 18.3 Å². The highest BCUT2D eigenvalue weighted by molar-refractivity contribution is 5.93. The number of hydrogen-bond acceptors (Lipinski definition) is 3. The molecule has 106 valence electrons. The number of anilines is 1. The smallest absolute Gasteiger partial charge is 0.272 e. The van der Waals surface area contributed by atoms with Gasteiger partial charge in [-0.3, -0.25) is 9.78 Å². The number of rotatable bonds is 7. The van der Waals surface area contributed by atoms with Crippen LogP contribution in [0.25, 0.3) is 0 Å². The molecule has 1 amide bonds. The Bertz CT molecular complexity index is 402. The van der Waals surface area contributed by atoms with Crippen molar-refractivity contribution < 1.29 is 4.79 Å². The van der Waals surface area contributed by atoms with Crippen LogP contribution in [-0.4, -0.2) is 35.4 Å². The summed E-state index contributed by atoms with van der Waals surface area (Å²) in [5.41, 5.74) is 1.47. The van der Waals surface area contributed by atoms with E-state index in [-0.39, 0.29) is 11.9 Å². The average Bonchev–Trinajstić information content (AvgIpc) is 2.45. The summed E-state index contributed by atoms with van der Waals surface area (Å²) >= 11 is 0. The van der Waals surface area contributed by atoms with E-state index in [1.165, 1.54) is 0 Å². The first-order chi connectivity index (χ1) is 9.13. The Morgan fingerprint density at radius 2 is 2.05 bits per heavy atom. The number of carbonyl (C=O) groups excluding carboxylic acids is 1. The predicted octanol–water partition coefficient (Wildman–Crippen LogP) is 3.16. The van der Waals surface area contributed by atoms with E-state index in [2.05, 4.69) is 31.1 Å². The summed E-state index contributed by atoms with van der Waals surface area (Å²) in [6.45, 7) is 7.22. The lowest BCUT2D eigenvalue weighted by Crippen LogP contribution is -2.36. The van der Waals surface area contributed by atoms with Crippen molar-refractivity contribution in [1.82, 2.24) is 9.88 Å². The fourth-order valence-electron chi connectivity index (χ4n) is 2.11. The fraction of sp³-hybridized carbons (Fsp3) is 0.600. The van der Waals surface area contributed by atoms with E-state index < -0.39 is 0 Å². The highest BCUT2D eigenvalue weighted by Gasteiger charge is 2.19. The molecule has 0 spiro atoms. The molecule has 0 aromatic carbocycles. The Labute approximate surface area is 116 Å². The molecular formula is C15H25N3O. The highest BCUT2D eigenvalue weighted by Crippen LogP contribution is 2.13. The van der Waals surface area contributed by atoms with Gasteiger partial charge in [-0.25, -0.2) is 0 Å². The molecule has 0 aliphatic rings. The zero-order valence-corrected chi connectivity index (χ0v) is 12.4. The molecule has 0 saturated heterocycles. The molecule has 0 fully saturated rings. The van der Waals surface area contributed by atoms with E-state index >= 15 is 0 Å². The fourth-order valence-corrected chi connectivity index (χ4v) is 2.11. The third-order valence-electron chi connectivity index (χ3n) is 3.37. The van der Waals surface area contributed by atoms with Gasteiger partial charge in [-0.15, -0.1) is 0 Å². The van der Waals surface area contributed by atoms with Crippen LogP contribution in [0.2, 0.25) is 0 Å². The number of hydrogen-bond donors (Lipinski definition) is 1. The number of carbonyl (C=O) groups is 1. The van der Waals surface area contributed by atoms with Gasteiger partial charge >= 0.3 is 0 Å². The molecule has 0 aliphatic heterocycles. The molecule has 1 aromatic heterocycles. The predicted molar refractivity (Wildman–Crippen MR) is 79.5 cm³/mol. The van der Waals surface area contributed by atoms with Crippen LogP contribution in [0.4, 0.5) is 5.69 Å². The topological polar surface area (TPSA) is 45.2 Å². The quantitative estimate of drug-likeness (QED) is 0.822. The van der Waals surface area contributed by atoms with E-state index in [0.29, 0.717) is 5.69 Å². The summed E-state index contributed by atoms with van der Waals surface area (Å²) in [6.07, 6.45) is 4.67. The van der Waals surface area contributed by atoms with Crippen LogP contribution in [0.5, 0.6) is 0 Å². The van der Waals surface area contributed by atoms with Gasteiger partial charge in [0.05, 0.1) is 0 Å². The highest BCUT2D eigenvalue weighted by atomic mass is 16.2. The van der Waals surface area contributed by atoms with Crippen molar-refractivity contribution in [3.05, 3.63) is 24.0 Å². The van der Waals surface area contributed by atoms with Gasteiger partial charge in [0.1, 0.15) is 5.69 Å². The van der Waals surface area contributed by atoms with Gasteiger partial charge < -0.3 is 10.2 Å². The van der Waals surface area contributed by atoms with E-state index in [1.54, 1.807) is 11.1 Å². The standard InChI is InChI=1S/C15H25N3O/c1-5-9-16-12-8-10-17-14(11-12)15(19)18(4)13(6-2)7-3/h8,10-11,13H,5-7,9H2,1-4H3,(H,16,17). The molecule has 0 radical (unpaired) electrons. The van der Waals surface area contributed by atoms with Gasteiger partial charge in [-0.2, -0.15) is 0 Å². The number of nitrogens with one attached hydrogen (secondary N) is 1. The van der Waals surface area contributed by atoms with Crippen molar-refractivity contribution in [2.75, 3.05) is 18.9 Å². The molecule has 19 heavy (non-hydrogen) atoms. The minimum atomic E-state index is -0.00570. The van der Waals surface area contributed by atoms with Crippen LogP contribution < -0.4 is 5.32 Å². The Morgan fingerprint density at radius 1 is 1.37 bits per heavy atom. The van der Waals surface area contributed by atoms with Crippen LogP contribution >= 0.6 is 0 Å². The molecule has 0 unspecified atom stereocenters. The largest absolute Gasteiger partial charge is 0.385 e. The summed E-state index contributed by atoms with van der Waals surface area (Å²) in [4.78, 5) is 18.4. The Kier molecular flexibility index (Phi) is 6.33. The zero-order valence-electron chi connectivity index (χ0n) is 12.4. The van der Waals surface area contributed by atoms with Crippen LogP contribution in [0.1, 0.15) is 50.5 Å². The molecule has 0 saturated carbocycles. The lowest BCUT2D eigenvalue weighted by Gasteiger charge is -2.26. The molecule has 0 aliphatic carbocycles. The first-order valence-corrected chi connectivity index (χ1v) is 7.11. The van der Waals surface area contributed by atoms with Crippen molar-refractivity contribution in [3.63, 3.8) is 0 Å². The molecule has 1 heterocycles. The maximum atomic E-state index is 12.4. The molecule has 4 heteroatoms. The van der Waals surface area contributed by atoms with Crippen LogP contribution in [0.3, 0.4) is 0 Å². The van der Waals surface area contributed by atoms with Crippen LogP contribution in [-0.2, 0) is 0 Å². The minimum absolute atomic E-state index is 0.00570. The van der Waals surface area contributed by atoms with Crippen molar-refractivity contribution in [2.45, 2.75) is 46.1 Å². The zero-order chi connectivity index (χ0) is 14.3. The SMILES string of the molecule is CCCNc1ccnc(C(=O)N(C)C(CC)CC)c1. The molecular weight excluding hydrogens is 238 g/mol. The van der Waals surface area contributed by atoms with E-state index in [1.807, 2.05) is 19.2 Å². The first-order valence-electron chi connectivity index (χ1n) is 7.11. The van der Waals surface area contributed by atoms with Gasteiger partial charge in [0.25, 0.3) is 5.91 Å². The van der Waals surface area contributed by atoms with Crippen LogP contribution in [0, 0.1) is 0 Å².